The van der Waals surface area contributed by atoms with Crippen LogP contribution in [-0.4, -0.2) is 47.5 Å². The number of alkyl halides is 3. The number of aliphatic hydroxyl groups excluding tert-OH is 1. The normalized spacial score (nSPS) is 22.4. The third-order valence-corrected chi connectivity index (χ3v) is 3.20. The predicted octanol–water partition coefficient (Wildman–Crippen LogP) is 0.658. The molecule has 0 aromatic heterocycles. The van der Waals surface area contributed by atoms with Crippen molar-refractivity contribution in [1.29, 1.82) is 0 Å². The van der Waals surface area contributed by atoms with Crippen LogP contribution in [0.25, 0.3) is 0 Å². The van der Waals surface area contributed by atoms with Crippen molar-refractivity contribution in [3.8, 4) is 5.75 Å². The average molecular weight is 304 g/mol. The lowest BCUT2D eigenvalue weighted by atomic mass is 10.1. The van der Waals surface area contributed by atoms with Crippen molar-refractivity contribution in [1.82, 2.24) is 4.90 Å². The van der Waals surface area contributed by atoms with Gasteiger partial charge in [0, 0.05) is 19.1 Å². The van der Waals surface area contributed by atoms with E-state index in [9.17, 15) is 23.1 Å². The van der Waals surface area contributed by atoms with Crippen molar-refractivity contribution < 1.29 is 27.8 Å². The summed E-state index contributed by atoms with van der Waals surface area (Å²) in [6.07, 6.45) is -5.44. The second-order valence-electron chi connectivity index (χ2n) is 4.90. The molecule has 5 nitrogen and oxygen atoms in total. The fourth-order valence-electron chi connectivity index (χ4n) is 2.11. The molecule has 0 aliphatic carbocycles. The van der Waals surface area contributed by atoms with Gasteiger partial charge in [0.25, 0.3) is 0 Å². The molecule has 0 spiro atoms. The Hall–Kier alpha value is -1.80. The first-order chi connectivity index (χ1) is 9.74. The van der Waals surface area contributed by atoms with Crippen LogP contribution in [0.5, 0.6) is 5.75 Å². The summed E-state index contributed by atoms with van der Waals surface area (Å²) in [6, 6.07) is 4.63. The summed E-state index contributed by atoms with van der Waals surface area (Å²) in [4.78, 5) is 13.4. The van der Waals surface area contributed by atoms with Crippen LogP contribution < -0.4 is 10.5 Å². The minimum Gasteiger partial charge on any atom is -0.406 e. The third-order valence-electron chi connectivity index (χ3n) is 3.20. The average Bonchev–Trinajstić information content (AvgIpc) is 2.70. The highest BCUT2D eigenvalue weighted by molar-refractivity contribution is 5.79. The molecule has 1 aromatic carbocycles. The predicted molar refractivity (Wildman–Crippen MR) is 67.4 cm³/mol. The molecule has 8 heteroatoms. The Bertz CT molecular complexity index is 494. The lowest BCUT2D eigenvalue weighted by molar-refractivity contribution is -0.274. The Morgan fingerprint density at radius 1 is 1.33 bits per heavy atom. The molecule has 1 aliphatic rings. The zero-order valence-electron chi connectivity index (χ0n) is 11.0. The van der Waals surface area contributed by atoms with Crippen molar-refractivity contribution in [2.24, 2.45) is 5.73 Å². The van der Waals surface area contributed by atoms with Crippen LogP contribution in [0.2, 0.25) is 0 Å². The Balaban J connectivity index is 1.93. The van der Waals surface area contributed by atoms with Crippen LogP contribution in [0.4, 0.5) is 13.2 Å². The van der Waals surface area contributed by atoms with Gasteiger partial charge in [0.2, 0.25) is 5.91 Å². The van der Waals surface area contributed by atoms with Crippen molar-refractivity contribution >= 4 is 5.91 Å². The van der Waals surface area contributed by atoms with Crippen molar-refractivity contribution in [3.63, 3.8) is 0 Å². The molecule has 1 saturated heterocycles. The van der Waals surface area contributed by atoms with E-state index >= 15 is 0 Å². The number of benzene rings is 1. The maximum absolute atomic E-state index is 12.0. The van der Waals surface area contributed by atoms with Gasteiger partial charge in [-0.3, -0.25) is 4.79 Å². The number of hydrogen-bond acceptors (Lipinski definition) is 4. The van der Waals surface area contributed by atoms with Crippen molar-refractivity contribution in [2.45, 2.75) is 24.9 Å². The Kier molecular flexibility index (Phi) is 4.38. The molecule has 2 rings (SSSR count). The lowest BCUT2D eigenvalue weighted by Crippen LogP contribution is -2.33. The number of rotatable bonds is 3. The van der Waals surface area contributed by atoms with Gasteiger partial charge in [-0.1, -0.05) is 12.1 Å². The molecule has 2 atom stereocenters. The Labute approximate surface area is 119 Å². The van der Waals surface area contributed by atoms with Crippen LogP contribution in [0.3, 0.4) is 0 Å². The van der Waals surface area contributed by atoms with Gasteiger partial charge in [-0.05, 0) is 17.7 Å². The minimum atomic E-state index is -4.74. The van der Waals surface area contributed by atoms with Gasteiger partial charge in [-0.2, -0.15) is 0 Å². The molecule has 0 unspecified atom stereocenters. The van der Waals surface area contributed by atoms with Crippen LogP contribution in [0.15, 0.2) is 24.3 Å². The summed E-state index contributed by atoms with van der Waals surface area (Å²) in [5.41, 5.74) is 6.17. The van der Waals surface area contributed by atoms with Gasteiger partial charge in [-0.25, -0.2) is 0 Å². The molecular formula is C13H15F3N2O3. The Morgan fingerprint density at radius 2 is 1.95 bits per heavy atom. The van der Waals surface area contributed by atoms with Crippen LogP contribution >= 0.6 is 0 Å². The second kappa shape index (κ2) is 5.90. The first-order valence-electron chi connectivity index (χ1n) is 6.31. The topological polar surface area (TPSA) is 75.8 Å². The SMILES string of the molecule is N[C@@H]1CN(C(=O)Cc2ccc(OC(F)(F)F)cc2)C[C@H]1O. The van der Waals surface area contributed by atoms with Gasteiger partial charge in [0.15, 0.2) is 0 Å². The number of aliphatic hydroxyl groups is 1. The highest BCUT2D eigenvalue weighted by Gasteiger charge is 2.32. The number of nitrogens with zero attached hydrogens (tertiary/aromatic N) is 1. The molecular weight excluding hydrogens is 289 g/mol. The van der Waals surface area contributed by atoms with E-state index in [-0.39, 0.29) is 31.2 Å². The van der Waals surface area contributed by atoms with Crippen LogP contribution in [0.1, 0.15) is 5.56 Å². The summed E-state index contributed by atoms with van der Waals surface area (Å²) in [6.45, 7) is 0.449. The standard InChI is InChI=1S/C13H15F3N2O3/c14-13(15,16)21-9-3-1-8(2-4-9)5-12(20)18-6-10(17)11(19)7-18/h1-4,10-11,19H,5-7,17H2/t10-,11-/m1/s1. The van der Waals surface area contributed by atoms with Crippen LogP contribution in [0, 0.1) is 0 Å². The van der Waals surface area contributed by atoms with E-state index in [1.807, 2.05) is 0 Å². The first-order valence-corrected chi connectivity index (χ1v) is 6.31. The van der Waals surface area contributed by atoms with Crippen molar-refractivity contribution in [2.75, 3.05) is 13.1 Å². The quantitative estimate of drug-likeness (QED) is 0.860. The molecule has 116 valence electrons. The highest BCUT2D eigenvalue weighted by Crippen LogP contribution is 2.23. The van der Waals surface area contributed by atoms with Gasteiger partial charge in [0.05, 0.1) is 12.5 Å². The fraction of sp³-hybridized carbons (Fsp3) is 0.462. The number of carbonyl (C=O) groups is 1. The fourth-order valence-corrected chi connectivity index (χ4v) is 2.11. The van der Waals surface area contributed by atoms with E-state index in [1.54, 1.807) is 0 Å². The molecule has 1 fully saturated rings. The molecule has 1 aromatic rings. The maximum Gasteiger partial charge on any atom is 0.573 e. The first kappa shape index (κ1) is 15.6. The number of hydrogen-bond donors (Lipinski definition) is 2. The maximum atomic E-state index is 12.0. The molecule has 1 amide bonds. The van der Waals surface area contributed by atoms with E-state index in [0.717, 1.165) is 12.1 Å². The van der Waals surface area contributed by atoms with E-state index in [2.05, 4.69) is 4.74 Å². The summed E-state index contributed by atoms with van der Waals surface area (Å²) < 4.78 is 39.8. The zero-order chi connectivity index (χ0) is 15.6. The molecule has 3 N–H and O–H groups in total. The largest absolute Gasteiger partial charge is 0.573 e. The molecule has 0 bridgehead atoms. The lowest BCUT2D eigenvalue weighted by Gasteiger charge is -2.15. The van der Waals surface area contributed by atoms with E-state index in [0.29, 0.717) is 5.56 Å². The molecule has 1 aliphatic heterocycles. The van der Waals surface area contributed by atoms with Crippen molar-refractivity contribution in [3.05, 3.63) is 29.8 Å². The smallest absolute Gasteiger partial charge is 0.406 e. The molecule has 1 heterocycles. The number of halogens is 3. The van der Waals surface area contributed by atoms with Gasteiger partial charge in [-0.15, -0.1) is 13.2 Å². The number of amides is 1. The number of carbonyl (C=O) groups excluding carboxylic acids is 1. The van der Waals surface area contributed by atoms with Gasteiger partial charge >= 0.3 is 6.36 Å². The number of β-amino-alcohol motifs (C(OH)–C–C–N with tert-alkyl or cyclic N) is 1. The number of likely N-dealkylation sites (tertiary alicyclic amines) is 1. The van der Waals surface area contributed by atoms with E-state index in [4.69, 9.17) is 5.73 Å². The minimum absolute atomic E-state index is 0.0335. The summed E-state index contributed by atoms with van der Waals surface area (Å²) in [7, 11) is 0. The third kappa shape index (κ3) is 4.33. The zero-order valence-corrected chi connectivity index (χ0v) is 11.0. The molecule has 21 heavy (non-hydrogen) atoms. The van der Waals surface area contributed by atoms with Gasteiger partial charge in [0.1, 0.15) is 5.75 Å². The summed E-state index contributed by atoms with van der Waals surface area (Å²) in [5.74, 6) is -0.566. The second-order valence-corrected chi connectivity index (χ2v) is 4.90. The van der Waals surface area contributed by atoms with Gasteiger partial charge < -0.3 is 20.5 Å². The van der Waals surface area contributed by atoms with E-state index < -0.39 is 18.5 Å². The number of ether oxygens (including phenoxy) is 1. The highest BCUT2D eigenvalue weighted by atomic mass is 19.4. The summed E-state index contributed by atoms with van der Waals surface area (Å²) in [5, 5.41) is 9.49. The Morgan fingerprint density at radius 3 is 2.43 bits per heavy atom. The summed E-state index contributed by atoms with van der Waals surface area (Å²) >= 11 is 0. The monoisotopic (exact) mass is 304 g/mol. The number of nitrogens with two attached hydrogens (primary N) is 1. The van der Waals surface area contributed by atoms with Crippen LogP contribution in [-0.2, 0) is 11.2 Å². The van der Waals surface area contributed by atoms with E-state index in [1.165, 1.54) is 17.0 Å². The molecule has 0 saturated carbocycles. The molecule has 0 radical (unpaired) electrons.